The lowest BCUT2D eigenvalue weighted by Gasteiger charge is -2.04. The van der Waals surface area contributed by atoms with E-state index in [1.54, 1.807) is 0 Å². The Labute approximate surface area is 87.0 Å². The lowest BCUT2D eigenvalue weighted by molar-refractivity contribution is 0.391. The van der Waals surface area contributed by atoms with Crippen molar-refractivity contribution < 1.29 is 13.5 Å². The lowest BCUT2D eigenvalue weighted by Crippen LogP contribution is -1.90. The number of benzene rings is 1. The Morgan fingerprint density at radius 3 is 2.71 bits per heavy atom. The number of ether oxygens (including phenoxy) is 1. The van der Waals surface area contributed by atoms with E-state index in [4.69, 9.17) is 4.74 Å². The molecule has 0 radical (unpaired) electrons. The molecule has 14 heavy (non-hydrogen) atoms. The largest absolute Gasteiger partial charge is 0.492 e. The molecular weight excluding hydrogens is 256 g/mol. The Morgan fingerprint density at radius 1 is 1.36 bits per heavy atom. The molecule has 1 aromatic carbocycles. The van der Waals surface area contributed by atoms with Gasteiger partial charge in [0.2, 0.25) is 0 Å². The zero-order valence-electron chi connectivity index (χ0n) is 7.20. The second-order valence-corrected chi connectivity index (χ2v) is 3.61. The van der Waals surface area contributed by atoms with Crippen LogP contribution in [0.5, 0.6) is 5.75 Å². The van der Waals surface area contributed by atoms with Crippen LogP contribution in [0.25, 0.3) is 10.9 Å². The molecule has 0 saturated heterocycles. The summed E-state index contributed by atoms with van der Waals surface area (Å²) in [6.07, 6.45) is 1.16. The second kappa shape index (κ2) is 3.24. The van der Waals surface area contributed by atoms with E-state index >= 15 is 0 Å². The van der Waals surface area contributed by atoms with Gasteiger partial charge in [-0.2, -0.15) is 0 Å². The maximum absolute atomic E-state index is 13.3. The molecule has 0 unspecified atom stereocenters. The van der Waals surface area contributed by atoms with E-state index in [0.717, 1.165) is 6.20 Å². The van der Waals surface area contributed by atoms with E-state index < -0.39 is 11.6 Å². The van der Waals surface area contributed by atoms with E-state index in [0.29, 0.717) is 15.4 Å². The highest BCUT2D eigenvalue weighted by molar-refractivity contribution is 9.10. The Balaban J connectivity index is 2.92. The maximum Gasteiger partial charge on any atom is 0.178 e. The third-order valence-corrected chi connectivity index (χ3v) is 2.60. The van der Waals surface area contributed by atoms with Crippen molar-refractivity contribution in [2.45, 2.75) is 0 Å². The predicted octanol–water partition coefficient (Wildman–Crippen LogP) is 3.22. The van der Waals surface area contributed by atoms with Gasteiger partial charge in [-0.05, 0) is 22.0 Å². The molecule has 0 fully saturated rings. The number of hydrogen-bond donors (Lipinski definition) is 1. The first-order valence-corrected chi connectivity index (χ1v) is 4.63. The molecule has 1 N–H and O–H groups in total. The van der Waals surface area contributed by atoms with Crippen molar-refractivity contribution in [3.8, 4) is 5.75 Å². The van der Waals surface area contributed by atoms with E-state index in [-0.39, 0.29) is 5.75 Å². The molecule has 0 aliphatic rings. The van der Waals surface area contributed by atoms with Crippen LogP contribution >= 0.6 is 15.9 Å². The molecule has 74 valence electrons. The van der Waals surface area contributed by atoms with Gasteiger partial charge in [0.15, 0.2) is 11.6 Å². The van der Waals surface area contributed by atoms with Gasteiger partial charge >= 0.3 is 0 Å². The minimum Gasteiger partial charge on any atom is -0.492 e. The van der Waals surface area contributed by atoms with Crippen molar-refractivity contribution in [1.29, 1.82) is 0 Å². The van der Waals surface area contributed by atoms with Crippen LogP contribution < -0.4 is 4.74 Å². The zero-order chi connectivity index (χ0) is 10.3. The van der Waals surface area contributed by atoms with Gasteiger partial charge in [0.1, 0.15) is 5.82 Å². The summed E-state index contributed by atoms with van der Waals surface area (Å²) in [7, 11) is 1.34. The zero-order valence-corrected chi connectivity index (χ0v) is 8.78. The maximum atomic E-state index is 13.3. The Morgan fingerprint density at radius 2 is 2.07 bits per heavy atom. The van der Waals surface area contributed by atoms with Crippen LogP contribution in [0.3, 0.4) is 0 Å². The summed E-state index contributed by atoms with van der Waals surface area (Å²) in [5.41, 5.74) is 0.317. The minimum atomic E-state index is -0.534. The van der Waals surface area contributed by atoms with Crippen LogP contribution in [0.15, 0.2) is 16.7 Å². The van der Waals surface area contributed by atoms with E-state index in [9.17, 15) is 8.78 Å². The number of halogens is 3. The second-order valence-electron chi connectivity index (χ2n) is 2.76. The highest BCUT2D eigenvalue weighted by atomic mass is 79.9. The molecule has 0 spiro atoms. The van der Waals surface area contributed by atoms with Gasteiger partial charge in [-0.3, -0.25) is 0 Å². The topological polar surface area (TPSA) is 25.0 Å². The van der Waals surface area contributed by atoms with Crippen LogP contribution in [0.4, 0.5) is 8.78 Å². The smallest absolute Gasteiger partial charge is 0.178 e. The summed E-state index contributed by atoms with van der Waals surface area (Å²) < 4.78 is 31.7. The molecule has 5 heteroatoms. The monoisotopic (exact) mass is 261 g/mol. The molecule has 0 bridgehead atoms. The van der Waals surface area contributed by atoms with Crippen LogP contribution in [0, 0.1) is 11.6 Å². The van der Waals surface area contributed by atoms with Crippen molar-refractivity contribution in [3.05, 3.63) is 28.4 Å². The number of aromatic amines is 1. The molecular formula is C9H6BrF2NO. The highest BCUT2D eigenvalue weighted by Gasteiger charge is 2.15. The molecule has 0 amide bonds. The molecule has 1 heterocycles. The number of aromatic nitrogens is 1. The number of nitrogens with one attached hydrogen (secondary N) is 1. The predicted molar refractivity (Wildman–Crippen MR) is 52.5 cm³/mol. The van der Waals surface area contributed by atoms with Crippen molar-refractivity contribution in [3.63, 3.8) is 0 Å². The van der Waals surface area contributed by atoms with E-state index in [2.05, 4.69) is 20.9 Å². The number of rotatable bonds is 1. The third-order valence-electron chi connectivity index (χ3n) is 1.97. The molecule has 2 rings (SSSR count). The summed E-state index contributed by atoms with van der Waals surface area (Å²) in [5.74, 6) is -0.953. The quantitative estimate of drug-likeness (QED) is 0.838. The number of fused-ring (bicyclic) bond motifs is 1. The fourth-order valence-corrected chi connectivity index (χ4v) is 1.97. The van der Waals surface area contributed by atoms with Crippen molar-refractivity contribution >= 4 is 26.8 Å². The number of hydrogen-bond acceptors (Lipinski definition) is 1. The van der Waals surface area contributed by atoms with Crippen LogP contribution in [-0.2, 0) is 0 Å². The molecule has 2 nitrogen and oxygen atoms in total. The van der Waals surface area contributed by atoms with Gasteiger partial charge in [0, 0.05) is 10.7 Å². The van der Waals surface area contributed by atoms with E-state index in [1.807, 2.05) is 0 Å². The van der Waals surface area contributed by atoms with Crippen molar-refractivity contribution in [2.75, 3.05) is 7.11 Å². The summed E-state index contributed by atoms with van der Waals surface area (Å²) in [6, 6.07) is 1.18. The van der Waals surface area contributed by atoms with Gasteiger partial charge in [0.05, 0.1) is 18.0 Å². The molecule has 0 aliphatic carbocycles. The third kappa shape index (κ3) is 1.19. The SMILES string of the molecule is COc1c(F)cc(Br)c2c(F)c[nH]c12. The first kappa shape index (κ1) is 9.45. The summed E-state index contributed by atoms with van der Waals surface area (Å²) >= 11 is 3.09. The van der Waals surface area contributed by atoms with Crippen molar-refractivity contribution in [2.24, 2.45) is 0 Å². The fraction of sp³-hybridized carbons (Fsp3) is 0.111. The van der Waals surface area contributed by atoms with Gasteiger partial charge in [-0.1, -0.05) is 0 Å². The highest BCUT2D eigenvalue weighted by Crippen LogP contribution is 2.34. The number of H-pyrrole nitrogens is 1. The number of methoxy groups -OCH3 is 1. The average molecular weight is 262 g/mol. The molecule has 0 atom stereocenters. The van der Waals surface area contributed by atoms with E-state index in [1.165, 1.54) is 13.2 Å². The summed E-state index contributed by atoms with van der Waals surface area (Å²) in [6.45, 7) is 0. The van der Waals surface area contributed by atoms with Crippen molar-refractivity contribution in [1.82, 2.24) is 4.98 Å². The Hall–Kier alpha value is -1.10. The first-order chi connectivity index (χ1) is 6.65. The standard InChI is InChI=1S/C9H6BrF2NO/c1-14-9-5(11)2-4(10)7-6(12)3-13-8(7)9/h2-3,13H,1H3. The van der Waals surface area contributed by atoms with Gasteiger partial charge in [0.25, 0.3) is 0 Å². The molecule has 0 saturated carbocycles. The van der Waals surface area contributed by atoms with Gasteiger partial charge in [-0.15, -0.1) is 0 Å². The summed E-state index contributed by atoms with van der Waals surface area (Å²) in [4.78, 5) is 2.62. The lowest BCUT2D eigenvalue weighted by atomic mass is 10.2. The van der Waals surface area contributed by atoms with Gasteiger partial charge < -0.3 is 9.72 Å². The minimum absolute atomic E-state index is 0.0205. The summed E-state index contributed by atoms with van der Waals surface area (Å²) in [5, 5.41) is 0.295. The Kier molecular flexibility index (Phi) is 2.19. The van der Waals surface area contributed by atoms with Crippen LogP contribution in [0.2, 0.25) is 0 Å². The molecule has 2 aromatic rings. The normalized spacial score (nSPS) is 10.9. The average Bonchev–Trinajstić information content (AvgIpc) is 2.49. The molecule has 1 aromatic heterocycles. The van der Waals surface area contributed by atoms with Crippen LogP contribution in [0.1, 0.15) is 0 Å². The van der Waals surface area contributed by atoms with Gasteiger partial charge in [-0.25, -0.2) is 8.78 Å². The fourth-order valence-electron chi connectivity index (χ4n) is 1.38. The Bertz CT molecular complexity index is 495. The molecule has 0 aliphatic heterocycles. The first-order valence-electron chi connectivity index (χ1n) is 3.83. The van der Waals surface area contributed by atoms with Crippen LogP contribution in [-0.4, -0.2) is 12.1 Å².